The van der Waals surface area contributed by atoms with Crippen LogP contribution in [0, 0.1) is 5.92 Å². The third kappa shape index (κ3) is 6.60. The number of aryl methyl sites for hydroxylation is 1. The number of esters is 1. The molecular weight excluding hydrogens is 559 g/mol. The van der Waals surface area contributed by atoms with E-state index in [2.05, 4.69) is 12.1 Å². The highest BCUT2D eigenvalue weighted by Crippen LogP contribution is 2.42. The molecule has 0 spiro atoms. The van der Waals surface area contributed by atoms with E-state index in [-0.39, 0.29) is 12.1 Å². The second kappa shape index (κ2) is 11.9. The van der Waals surface area contributed by atoms with Crippen LogP contribution in [0.4, 0.5) is 4.79 Å². The normalized spacial score (nSPS) is 15.6. The van der Waals surface area contributed by atoms with E-state index in [4.69, 9.17) is 37.7 Å². The molecule has 1 amide bonds. The molecule has 214 valence electrons. The molecule has 0 atom stereocenters. The van der Waals surface area contributed by atoms with Crippen LogP contribution < -0.4 is 0 Å². The molecule has 0 radical (unpaired) electrons. The number of pyridine rings is 1. The lowest BCUT2D eigenvalue weighted by Crippen LogP contribution is -2.52. The summed E-state index contributed by atoms with van der Waals surface area (Å²) in [5.74, 6) is 0.0143. The van der Waals surface area contributed by atoms with Crippen molar-refractivity contribution in [2.45, 2.75) is 52.1 Å². The minimum absolute atomic E-state index is 0.259. The van der Waals surface area contributed by atoms with Gasteiger partial charge in [-0.05, 0) is 111 Å². The highest BCUT2D eigenvalue weighted by atomic mass is 35.5. The Kier molecular flexibility index (Phi) is 8.44. The van der Waals surface area contributed by atoms with Gasteiger partial charge in [0.05, 0.1) is 18.4 Å². The molecule has 1 aliphatic heterocycles. The van der Waals surface area contributed by atoms with Crippen molar-refractivity contribution in [1.82, 2.24) is 9.88 Å². The number of likely N-dealkylation sites (tertiary alicyclic amines) is 1. The Balaban J connectivity index is 1.45. The van der Waals surface area contributed by atoms with Crippen molar-refractivity contribution in [3.05, 3.63) is 98.3 Å². The maximum atomic E-state index is 12.3. The highest BCUT2D eigenvalue weighted by molar-refractivity contribution is 6.36. The Labute approximate surface area is 251 Å². The van der Waals surface area contributed by atoms with Gasteiger partial charge < -0.3 is 14.4 Å². The lowest BCUT2D eigenvalue weighted by atomic mass is 9.89. The van der Waals surface area contributed by atoms with Crippen molar-refractivity contribution in [2.75, 3.05) is 20.2 Å². The zero-order valence-corrected chi connectivity index (χ0v) is 25.3. The lowest BCUT2D eigenvalue weighted by molar-refractivity contribution is -0.000899. The predicted molar refractivity (Wildman–Crippen MR) is 162 cm³/mol. The van der Waals surface area contributed by atoms with Gasteiger partial charge in [0.1, 0.15) is 5.60 Å². The van der Waals surface area contributed by atoms with E-state index in [1.165, 1.54) is 7.11 Å². The first kappa shape index (κ1) is 29.2. The summed E-state index contributed by atoms with van der Waals surface area (Å²) in [6.45, 7) is 6.99. The van der Waals surface area contributed by atoms with Gasteiger partial charge in [-0.3, -0.25) is 4.98 Å². The number of aromatic nitrogens is 1. The minimum Gasteiger partial charge on any atom is -0.465 e. The van der Waals surface area contributed by atoms with Gasteiger partial charge in [0.2, 0.25) is 0 Å². The second-order valence-corrected chi connectivity index (χ2v) is 12.5. The predicted octanol–water partition coefficient (Wildman–Crippen LogP) is 7.88. The van der Waals surface area contributed by atoms with Crippen molar-refractivity contribution in [2.24, 2.45) is 5.92 Å². The average molecular weight is 594 g/mol. The van der Waals surface area contributed by atoms with Crippen LogP contribution in [0.25, 0.3) is 11.1 Å². The summed E-state index contributed by atoms with van der Waals surface area (Å²) < 4.78 is 10.4. The van der Waals surface area contributed by atoms with Gasteiger partial charge >= 0.3 is 12.1 Å². The molecule has 0 bridgehead atoms. The Morgan fingerprint density at radius 1 is 1.00 bits per heavy atom. The SMILES string of the molecule is COC(=O)c1ccc2c(c1)CCCC(c1ccc(Cl)cc1Cl)=C2c1ccc(CC2CN(C(=O)OC(C)(C)C)C2)cn1. The Hall–Kier alpha value is -3.35. The highest BCUT2D eigenvalue weighted by Gasteiger charge is 2.33. The molecule has 1 aromatic heterocycles. The van der Waals surface area contributed by atoms with Gasteiger partial charge in [-0.15, -0.1) is 0 Å². The summed E-state index contributed by atoms with van der Waals surface area (Å²) in [5, 5.41) is 1.18. The van der Waals surface area contributed by atoms with Crippen LogP contribution in [0.5, 0.6) is 0 Å². The molecule has 0 unspecified atom stereocenters. The van der Waals surface area contributed by atoms with E-state index in [1.54, 1.807) is 17.0 Å². The molecule has 41 heavy (non-hydrogen) atoms. The maximum Gasteiger partial charge on any atom is 0.410 e. The van der Waals surface area contributed by atoms with E-state index in [9.17, 15) is 9.59 Å². The number of ether oxygens (including phenoxy) is 2. The van der Waals surface area contributed by atoms with Gasteiger partial charge in [0, 0.05) is 34.9 Å². The van der Waals surface area contributed by atoms with Crippen molar-refractivity contribution >= 4 is 46.4 Å². The number of amides is 1. The Morgan fingerprint density at radius 2 is 1.76 bits per heavy atom. The van der Waals surface area contributed by atoms with Crippen LogP contribution >= 0.6 is 23.2 Å². The molecule has 8 heteroatoms. The van der Waals surface area contributed by atoms with Crippen molar-refractivity contribution in [3.8, 4) is 0 Å². The third-order valence-corrected chi connectivity index (χ3v) is 7.99. The monoisotopic (exact) mass is 592 g/mol. The van der Waals surface area contributed by atoms with Crippen molar-refractivity contribution in [1.29, 1.82) is 0 Å². The van der Waals surface area contributed by atoms with E-state index >= 15 is 0 Å². The number of carbonyl (C=O) groups excluding carboxylic acids is 2. The number of allylic oxidation sites excluding steroid dienone is 1. The largest absolute Gasteiger partial charge is 0.465 e. The number of hydrogen-bond acceptors (Lipinski definition) is 5. The smallest absolute Gasteiger partial charge is 0.410 e. The van der Waals surface area contributed by atoms with Crippen LogP contribution in [0.1, 0.15) is 71.9 Å². The maximum absolute atomic E-state index is 12.3. The molecule has 1 aliphatic carbocycles. The standard InChI is InChI=1S/C33H34Cl2N2O4/c1-33(2,3)41-32(39)37-18-21(19-37)14-20-8-13-29(36-17-20)30-25-11-9-23(31(38)40-4)15-22(25)6-5-7-27(30)26-12-10-24(34)16-28(26)35/h8-13,15-17,21H,5-7,14,18-19H2,1-4H3. The van der Waals surface area contributed by atoms with Crippen molar-refractivity contribution < 1.29 is 19.1 Å². The summed E-state index contributed by atoms with van der Waals surface area (Å²) >= 11 is 12.9. The first-order valence-corrected chi connectivity index (χ1v) is 14.6. The molecular formula is C33H34Cl2N2O4. The van der Waals surface area contributed by atoms with Crippen LogP contribution in [0.15, 0.2) is 54.7 Å². The first-order chi connectivity index (χ1) is 19.5. The molecule has 0 N–H and O–H groups in total. The quantitative estimate of drug-likeness (QED) is 0.282. The number of halogens is 2. The number of methoxy groups -OCH3 is 1. The molecule has 5 rings (SSSR count). The molecule has 2 aliphatic rings. The number of hydrogen-bond donors (Lipinski definition) is 0. The van der Waals surface area contributed by atoms with Crippen LogP contribution in [-0.4, -0.2) is 47.7 Å². The fourth-order valence-corrected chi connectivity index (χ4v) is 6.05. The topological polar surface area (TPSA) is 68.7 Å². The van der Waals surface area contributed by atoms with Gasteiger partial charge in [0.25, 0.3) is 0 Å². The van der Waals surface area contributed by atoms with E-state index in [0.29, 0.717) is 34.6 Å². The molecule has 1 saturated heterocycles. The average Bonchev–Trinajstić information content (AvgIpc) is 3.08. The number of nitrogens with zero attached hydrogens (tertiary/aromatic N) is 2. The minimum atomic E-state index is -0.497. The number of fused-ring (bicyclic) bond motifs is 1. The summed E-state index contributed by atoms with van der Waals surface area (Å²) in [5.41, 5.74) is 7.13. The van der Waals surface area contributed by atoms with Gasteiger partial charge in [-0.2, -0.15) is 0 Å². The molecule has 3 aromatic rings. The zero-order valence-electron chi connectivity index (χ0n) is 23.8. The van der Waals surface area contributed by atoms with Crippen LogP contribution in [-0.2, 0) is 22.3 Å². The van der Waals surface area contributed by atoms with E-state index in [1.807, 2.05) is 51.2 Å². The van der Waals surface area contributed by atoms with Gasteiger partial charge in [-0.1, -0.05) is 41.4 Å². The zero-order chi connectivity index (χ0) is 29.3. The molecule has 1 fully saturated rings. The Bertz CT molecular complexity index is 1500. The molecule has 0 saturated carbocycles. The summed E-state index contributed by atoms with van der Waals surface area (Å²) in [6.07, 6.45) is 5.00. The van der Waals surface area contributed by atoms with Gasteiger partial charge in [0.15, 0.2) is 0 Å². The van der Waals surface area contributed by atoms with Crippen LogP contribution in [0.3, 0.4) is 0 Å². The molecule has 6 nitrogen and oxygen atoms in total. The third-order valence-electron chi connectivity index (χ3n) is 7.44. The first-order valence-electron chi connectivity index (χ1n) is 13.9. The van der Waals surface area contributed by atoms with Gasteiger partial charge in [-0.25, -0.2) is 9.59 Å². The fourth-order valence-electron chi connectivity index (χ4n) is 5.53. The molecule has 2 heterocycles. The number of rotatable bonds is 5. The lowest BCUT2D eigenvalue weighted by Gasteiger charge is -2.39. The van der Waals surface area contributed by atoms with Crippen LogP contribution in [0.2, 0.25) is 10.0 Å². The number of carbonyl (C=O) groups is 2. The summed E-state index contributed by atoms with van der Waals surface area (Å²) in [6, 6.07) is 15.5. The Morgan fingerprint density at radius 3 is 2.41 bits per heavy atom. The summed E-state index contributed by atoms with van der Waals surface area (Å²) in [4.78, 5) is 31.2. The molecule has 2 aromatic carbocycles. The van der Waals surface area contributed by atoms with Crippen molar-refractivity contribution in [3.63, 3.8) is 0 Å². The number of benzene rings is 2. The second-order valence-electron chi connectivity index (χ2n) is 11.7. The fraction of sp³-hybridized carbons (Fsp3) is 0.364. The van der Waals surface area contributed by atoms with E-state index in [0.717, 1.165) is 64.8 Å². The summed E-state index contributed by atoms with van der Waals surface area (Å²) in [7, 11) is 1.39. The van der Waals surface area contributed by atoms with E-state index < -0.39 is 5.60 Å².